The van der Waals surface area contributed by atoms with Crippen molar-refractivity contribution in [1.29, 1.82) is 0 Å². The van der Waals surface area contributed by atoms with Crippen molar-refractivity contribution in [3.63, 3.8) is 0 Å². The molecule has 1 atom stereocenters. The van der Waals surface area contributed by atoms with Crippen molar-refractivity contribution in [3.8, 4) is 0 Å². The van der Waals surface area contributed by atoms with Crippen LogP contribution in [-0.4, -0.2) is 34.8 Å². The second-order valence-electron chi connectivity index (χ2n) is 5.38. The fourth-order valence-electron chi connectivity index (χ4n) is 2.68. The molecule has 0 aliphatic carbocycles. The van der Waals surface area contributed by atoms with Crippen molar-refractivity contribution in [3.05, 3.63) is 47.8 Å². The Morgan fingerprint density at radius 2 is 2.09 bits per heavy atom. The number of amides is 1. The van der Waals surface area contributed by atoms with E-state index in [1.165, 1.54) is 24.4 Å². The number of aryl methyl sites for hydroxylation is 1. The quantitative estimate of drug-likeness (QED) is 0.939. The van der Waals surface area contributed by atoms with Gasteiger partial charge in [0, 0.05) is 32.4 Å². The van der Waals surface area contributed by atoms with Crippen molar-refractivity contribution in [2.75, 3.05) is 18.0 Å². The van der Waals surface area contributed by atoms with E-state index in [2.05, 4.69) is 10.4 Å². The molecular formula is C15H16F2N4O. The predicted molar refractivity (Wildman–Crippen MR) is 77.7 cm³/mol. The molecule has 1 aliphatic rings. The summed E-state index contributed by atoms with van der Waals surface area (Å²) in [5.74, 6) is -1.40. The molecule has 1 fully saturated rings. The van der Waals surface area contributed by atoms with E-state index in [0.29, 0.717) is 25.1 Å². The average molecular weight is 306 g/mol. The Morgan fingerprint density at radius 3 is 2.73 bits per heavy atom. The summed E-state index contributed by atoms with van der Waals surface area (Å²) in [6.07, 6.45) is 3.75. The Morgan fingerprint density at radius 1 is 1.36 bits per heavy atom. The number of rotatable bonds is 3. The van der Waals surface area contributed by atoms with Gasteiger partial charge in [0.05, 0.1) is 11.8 Å². The third-order valence-corrected chi connectivity index (χ3v) is 3.74. The minimum Gasteiger partial charge on any atom is -0.365 e. The van der Waals surface area contributed by atoms with Crippen LogP contribution in [0.5, 0.6) is 0 Å². The van der Waals surface area contributed by atoms with Crippen molar-refractivity contribution >= 4 is 11.6 Å². The van der Waals surface area contributed by atoms with Crippen molar-refractivity contribution < 1.29 is 13.6 Å². The molecule has 116 valence electrons. The highest BCUT2D eigenvalue weighted by atomic mass is 19.1. The van der Waals surface area contributed by atoms with Crippen LogP contribution in [0.3, 0.4) is 0 Å². The molecule has 22 heavy (non-hydrogen) atoms. The predicted octanol–water partition coefficient (Wildman–Crippen LogP) is 1.71. The molecule has 0 radical (unpaired) electrons. The molecule has 3 rings (SSSR count). The highest BCUT2D eigenvalue weighted by molar-refractivity contribution is 5.93. The third-order valence-electron chi connectivity index (χ3n) is 3.74. The fraction of sp³-hybridized carbons (Fsp3) is 0.333. The number of aromatic nitrogens is 2. The van der Waals surface area contributed by atoms with Gasteiger partial charge < -0.3 is 10.2 Å². The average Bonchev–Trinajstić information content (AvgIpc) is 3.08. The summed E-state index contributed by atoms with van der Waals surface area (Å²) in [6.45, 7) is 0.875. The molecule has 0 spiro atoms. The molecule has 1 saturated heterocycles. The van der Waals surface area contributed by atoms with Gasteiger partial charge in [-0.05, 0) is 18.6 Å². The summed E-state index contributed by atoms with van der Waals surface area (Å²) in [6, 6.07) is 3.66. The maximum absolute atomic E-state index is 13.8. The van der Waals surface area contributed by atoms with Gasteiger partial charge in [-0.1, -0.05) is 6.07 Å². The normalized spacial score (nSPS) is 17.8. The summed E-state index contributed by atoms with van der Waals surface area (Å²) in [5.41, 5.74) is 0.443. The first kappa shape index (κ1) is 14.5. The van der Waals surface area contributed by atoms with Crippen molar-refractivity contribution in [2.24, 2.45) is 7.05 Å². The van der Waals surface area contributed by atoms with E-state index in [0.717, 1.165) is 0 Å². The van der Waals surface area contributed by atoms with Crippen LogP contribution in [-0.2, 0) is 7.05 Å². The van der Waals surface area contributed by atoms with Gasteiger partial charge in [0.25, 0.3) is 5.91 Å². The Bertz CT molecular complexity index is 680. The van der Waals surface area contributed by atoms with Gasteiger partial charge >= 0.3 is 0 Å². The van der Waals surface area contributed by atoms with Gasteiger partial charge in [-0.3, -0.25) is 9.48 Å². The topological polar surface area (TPSA) is 50.2 Å². The second kappa shape index (κ2) is 5.75. The molecule has 0 bridgehead atoms. The largest absolute Gasteiger partial charge is 0.365 e. The van der Waals surface area contributed by atoms with Gasteiger partial charge in [-0.15, -0.1) is 0 Å². The Balaban J connectivity index is 1.66. The van der Waals surface area contributed by atoms with E-state index >= 15 is 0 Å². The number of para-hydroxylation sites is 1. The molecule has 2 heterocycles. The lowest BCUT2D eigenvalue weighted by atomic mass is 10.2. The Hall–Kier alpha value is -2.44. The summed E-state index contributed by atoms with van der Waals surface area (Å²) in [7, 11) is 1.73. The van der Waals surface area contributed by atoms with Crippen LogP contribution in [0.1, 0.15) is 16.8 Å². The number of halogens is 2. The van der Waals surface area contributed by atoms with Gasteiger partial charge in [-0.25, -0.2) is 8.78 Å². The van der Waals surface area contributed by atoms with E-state index in [1.807, 2.05) is 0 Å². The maximum Gasteiger partial charge on any atom is 0.254 e. The first-order valence-electron chi connectivity index (χ1n) is 7.03. The van der Waals surface area contributed by atoms with Crippen LogP contribution < -0.4 is 10.2 Å². The zero-order chi connectivity index (χ0) is 15.7. The van der Waals surface area contributed by atoms with Crippen LogP contribution in [0.2, 0.25) is 0 Å². The third kappa shape index (κ3) is 2.79. The van der Waals surface area contributed by atoms with E-state index in [-0.39, 0.29) is 17.6 Å². The molecule has 1 aromatic heterocycles. The number of hydrogen-bond acceptors (Lipinski definition) is 3. The van der Waals surface area contributed by atoms with Crippen LogP contribution in [0.25, 0.3) is 0 Å². The number of anilines is 1. The number of nitrogens with one attached hydrogen (secondary N) is 1. The summed E-state index contributed by atoms with van der Waals surface area (Å²) < 4.78 is 29.1. The summed E-state index contributed by atoms with van der Waals surface area (Å²) in [5, 5.41) is 6.81. The number of carbonyl (C=O) groups excluding carboxylic acids is 1. The number of benzene rings is 1. The van der Waals surface area contributed by atoms with Gasteiger partial charge in [0.2, 0.25) is 0 Å². The molecule has 5 nitrogen and oxygen atoms in total. The lowest BCUT2D eigenvalue weighted by Crippen LogP contribution is -2.37. The second-order valence-corrected chi connectivity index (χ2v) is 5.38. The smallest absolute Gasteiger partial charge is 0.254 e. The lowest BCUT2D eigenvalue weighted by Gasteiger charge is -2.20. The maximum atomic E-state index is 13.8. The van der Waals surface area contributed by atoms with E-state index < -0.39 is 11.6 Å². The molecule has 0 unspecified atom stereocenters. The SMILES string of the molecule is Cn1cc(C(=O)N[C@H]2CCN(c3c(F)cccc3F)C2)cn1. The van der Waals surface area contributed by atoms with Gasteiger partial charge in [-0.2, -0.15) is 5.10 Å². The summed E-state index contributed by atoms with van der Waals surface area (Å²) in [4.78, 5) is 13.7. The monoisotopic (exact) mass is 306 g/mol. The lowest BCUT2D eigenvalue weighted by molar-refractivity contribution is 0.0940. The van der Waals surface area contributed by atoms with Crippen LogP contribution in [0.15, 0.2) is 30.6 Å². The first-order valence-corrected chi connectivity index (χ1v) is 7.03. The molecule has 1 amide bonds. The highest BCUT2D eigenvalue weighted by Crippen LogP contribution is 2.26. The number of hydrogen-bond donors (Lipinski definition) is 1. The fourth-order valence-corrected chi connectivity index (χ4v) is 2.68. The minimum absolute atomic E-state index is 0.0272. The van der Waals surface area contributed by atoms with Crippen LogP contribution >= 0.6 is 0 Å². The molecule has 1 aliphatic heterocycles. The Labute approximate surface area is 126 Å². The van der Waals surface area contributed by atoms with Gasteiger partial charge in [0.15, 0.2) is 0 Å². The van der Waals surface area contributed by atoms with Crippen LogP contribution in [0, 0.1) is 11.6 Å². The number of carbonyl (C=O) groups is 1. The van der Waals surface area contributed by atoms with E-state index in [1.54, 1.807) is 22.8 Å². The standard InChI is InChI=1S/C15H16F2N4O/c1-20-8-10(7-18-20)15(22)19-11-5-6-21(9-11)14-12(16)3-2-4-13(14)17/h2-4,7-8,11H,5-6,9H2,1H3,(H,19,22)/t11-/m0/s1. The molecular weight excluding hydrogens is 290 g/mol. The highest BCUT2D eigenvalue weighted by Gasteiger charge is 2.28. The van der Waals surface area contributed by atoms with Crippen LogP contribution in [0.4, 0.5) is 14.5 Å². The zero-order valence-electron chi connectivity index (χ0n) is 12.1. The van der Waals surface area contributed by atoms with Gasteiger partial charge in [0.1, 0.15) is 17.3 Å². The molecule has 7 heteroatoms. The molecule has 0 saturated carbocycles. The first-order chi connectivity index (χ1) is 10.5. The van der Waals surface area contributed by atoms with E-state index in [9.17, 15) is 13.6 Å². The zero-order valence-corrected chi connectivity index (χ0v) is 12.1. The minimum atomic E-state index is -0.584. The number of nitrogens with zero attached hydrogens (tertiary/aromatic N) is 3. The summed E-state index contributed by atoms with van der Waals surface area (Å²) >= 11 is 0. The van der Waals surface area contributed by atoms with E-state index in [4.69, 9.17) is 0 Å². The molecule has 2 aromatic rings. The molecule has 1 N–H and O–H groups in total. The van der Waals surface area contributed by atoms with Crippen molar-refractivity contribution in [1.82, 2.24) is 15.1 Å². The Kier molecular flexibility index (Phi) is 3.79. The van der Waals surface area contributed by atoms with Crippen molar-refractivity contribution in [2.45, 2.75) is 12.5 Å². The molecule has 1 aromatic carbocycles.